The predicted octanol–water partition coefficient (Wildman–Crippen LogP) is -0.630. The van der Waals surface area contributed by atoms with Gasteiger partial charge in [0.2, 0.25) is 4.77 Å². The van der Waals surface area contributed by atoms with Gasteiger partial charge in [0.15, 0.2) is 5.70 Å². The first-order valence-electron chi connectivity index (χ1n) is 3.39. The first kappa shape index (κ1) is 10.3. The normalized spacial score (nSPS) is 11.4. The molecule has 0 fully saturated rings. The van der Waals surface area contributed by atoms with Crippen LogP contribution in [0.4, 0.5) is 0 Å². The molecule has 0 saturated heterocycles. The number of hydrogen-bond acceptors (Lipinski definition) is 6. The van der Waals surface area contributed by atoms with E-state index in [1.54, 1.807) is 0 Å². The Hall–Kier alpha value is -1.74. The number of rotatable bonds is 4. The van der Waals surface area contributed by atoms with E-state index in [2.05, 4.69) is 25.8 Å². The highest BCUT2D eigenvalue weighted by Gasteiger charge is 2.06. The van der Waals surface area contributed by atoms with E-state index in [1.807, 2.05) is 0 Å². The van der Waals surface area contributed by atoms with Crippen LogP contribution in [0.25, 0.3) is 6.20 Å². The van der Waals surface area contributed by atoms with Crippen LogP contribution in [-0.4, -0.2) is 38.4 Å². The van der Waals surface area contributed by atoms with E-state index in [0.29, 0.717) is 0 Å². The molecule has 1 rings (SSSR count). The minimum Gasteiger partial charge on any atom is -0.476 e. The van der Waals surface area contributed by atoms with Gasteiger partial charge in [0.1, 0.15) is 0 Å². The first-order chi connectivity index (χ1) is 6.65. The van der Waals surface area contributed by atoms with Crippen molar-refractivity contribution < 1.29 is 14.7 Å². The second-order valence-electron chi connectivity index (χ2n) is 2.11. The Morgan fingerprint density at radius 3 is 3.00 bits per heavy atom. The highest BCUT2D eigenvalue weighted by Crippen LogP contribution is 1.93. The van der Waals surface area contributed by atoms with Crippen molar-refractivity contribution in [1.82, 2.24) is 25.7 Å². The number of nitrogens with zero attached hydrogens (tertiary/aromatic N) is 3. The third kappa shape index (κ3) is 2.37. The van der Waals surface area contributed by atoms with Crippen LogP contribution < -0.4 is 5.48 Å². The summed E-state index contributed by atoms with van der Waals surface area (Å²) in [6.07, 6.45) is 1.16. The first-order valence-corrected chi connectivity index (χ1v) is 3.79. The molecule has 0 unspecified atom stereocenters. The summed E-state index contributed by atoms with van der Waals surface area (Å²) < 4.78 is 1.27. The van der Waals surface area contributed by atoms with Crippen LogP contribution in [0.1, 0.15) is 0 Å². The lowest BCUT2D eigenvalue weighted by Crippen LogP contribution is -2.19. The number of hydroxylamine groups is 1. The fourth-order valence-electron chi connectivity index (χ4n) is 0.653. The van der Waals surface area contributed by atoms with E-state index in [-0.39, 0.29) is 10.5 Å². The summed E-state index contributed by atoms with van der Waals surface area (Å²) in [4.78, 5) is 15.1. The largest absolute Gasteiger partial charge is 0.476 e. The Balaban J connectivity index is 2.99. The Labute approximate surface area is 83.1 Å². The van der Waals surface area contributed by atoms with Gasteiger partial charge in [0, 0.05) is 0 Å². The maximum atomic E-state index is 10.6. The summed E-state index contributed by atoms with van der Waals surface area (Å²) in [6.45, 7) is 0. The molecule has 1 aromatic heterocycles. The maximum absolute atomic E-state index is 10.6. The second kappa shape index (κ2) is 4.48. The zero-order valence-electron chi connectivity index (χ0n) is 7.09. The summed E-state index contributed by atoms with van der Waals surface area (Å²) in [5.41, 5.74) is 1.97. The van der Waals surface area contributed by atoms with Crippen molar-refractivity contribution in [3.8, 4) is 0 Å². The topological polar surface area (TPSA) is 105 Å². The van der Waals surface area contributed by atoms with Crippen LogP contribution in [0.3, 0.4) is 0 Å². The van der Waals surface area contributed by atoms with Gasteiger partial charge in [-0.25, -0.2) is 9.48 Å². The number of carboxylic acids is 1. The van der Waals surface area contributed by atoms with E-state index < -0.39 is 5.97 Å². The van der Waals surface area contributed by atoms with Crippen LogP contribution in [0.5, 0.6) is 0 Å². The van der Waals surface area contributed by atoms with Crippen molar-refractivity contribution in [2.45, 2.75) is 0 Å². The van der Waals surface area contributed by atoms with E-state index in [9.17, 15) is 4.79 Å². The van der Waals surface area contributed by atoms with Crippen molar-refractivity contribution in [2.24, 2.45) is 0 Å². The van der Waals surface area contributed by atoms with Crippen LogP contribution >= 0.6 is 12.2 Å². The molecule has 0 aliphatic rings. The average Bonchev–Trinajstić information content (AvgIpc) is 2.51. The zero-order chi connectivity index (χ0) is 10.6. The second-order valence-corrected chi connectivity index (χ2v) is 2.47. The summed E-state index contributed by atoms with van der Waals surface area (Å²) in [6, 6.07) is 0. The molecular formula is C5H7N5O3S. The van der Waals surface area contributed by atoms with Crippen molar-refractivity contribution in [1.29, 1.82) is 0 Å². The Morgan fingerprint density at radius 1 is 1.86 bits per heavy atom. The van der Waals surface area contributed by atoms with Crippen molar-refractivity contribution in [3.05, 3.63) is 10.5 Å². The van der Waals surface area contributed by atoms with Gasteiger partial charge in [0.25, 0.3) is 0 Å². The number of H-pyrrole nitrogens is 1. The average molecular weight is 217 g/mol. The van der Waals surface area contributed by atoms with Gasteiger partial charge in [-0.1, -0.05) is 10.3 Å². The lowest BCUT2D eigenvalue weighted by molar-refractivity contribution is -0.134. The number of carbonyl (C=O) groups is 1. The highest BCUT2D eigenvalue weighted by molar-refractivity contribution is 7.71. The molecule has 0 aliphatic carbocycles. The molecule has 14 heavy (non-hydrogen) atoms. The molecule has 3 N–H and O–H groups in total. The van der Waals surface area contributed by atoms with E-state index in [0.717, 1.165) is 10.9 Å². The van der Waals surface area contributed by atoms with Gasteiger partial charge in [0.05, 0.1) is 13.3 Å². The molecule has 0 bridgehead atoms. The number of carboxylic acid groups (broad SMARTS) is 1. The molecule has 0 amide bonds. The van der Waals surface area contributed by atoms with E-state index >= 15 is 0 Å². The third-order valence-corrected chi connectivity index (χ3v) is 1.47. The Bertz CT molecular complexity index is 407. The number of aromatic amines is 1. The third-order valence-electron chi connectivity index (χ3n) is 1.19. The van der Waals surface area contributed by atoms with Gasteiger partial charge in [-0.3, -0.25) is 10.3 Å². The lowest BCUT2D eigenvalue weighted by Gasteiger charge is -2.02. The maximum Gasteiger partial charge on any atom is 0.355 e. The quantitative estimate of drug-likeness (QED) is 0.350. The summed E-state index contributed by atoms with van der Waals surface area (Å²) in [5, 5.41) is 17.9. The number of tetrazole rings is 1. The number of aliphatic carboxylic acids is 1. The van der Waals surface area contributed by atoms with Crippen molar-refractivity contribution >= 4 is 24.4 Å². The summed E-state index contributed by atoms with van der Waals surface area (Å²) >= 11 is 4.73. The van der Waals surface area contributed by atoms with Crippen molar-refractivity contribution in [2.75, 3.05) is 7.11 Å². The molecule has 1 heterocycles. The molecule has 0 atom stereocenters. The molecule has 1 aromatic rings. The molecule has 76 valence electrons. The number of nitrogens with one attached hydrogen (secondary N) is 2. The highest BCUT2D eigenvalue weighted by atomic mass is 32.1. The van der Waals surface area contributed by atoms with Crippen molar-refractivity contribution in [3.63, 3.8) is 0 Å². The van der Waals surface area contributed by atoms with Crippen LogP contribution in [0, 0.1) is 4.77 Å². The lowest BCUT2D eigenvalue weighted by atomic mass is 10.5. The predicted molar refractivity (Wildman–Crippen MR) is 47.3 cm³/mol. The fraction of sp³-hybridized carbons (Fsp3) is 0.200. The van der Waals surface area contributed by atoms with Crippen LogP contribution in [0.15, 0.2) is 5.70 Å². The smallest absolute Gasteiger partial charge is 0.355 e. The van der Waals surface area contributed by atoms with Gasteiger partial charge in [-0.05, 0) is 12.2 Å². The molecule has 0 aromatic carbocycles. The Morgan fingerprint density at radius 2 is 2.57 bits per heavy atom. The molecular weight excluding hydrogens is 210 g/mol. The van der Waals surface area contributed by atoms with E-state index in [4.69, 9.17) is 17.3 Å². The monoisotopic (exact) mass is 217 g/mol. The Kier molecular flexibility index (Phi) is 3.31. The summed E-state index contributed by atoms with van der Waals surface area (Å²) in [5.74, 6) is -1.19. The van der Waals surface area contributed by atoms with Crippen LogP contribution in [0.2, 0.25) is 0 Å². The SMILES string of the molecule is CONC(=Cn1[nH]nnc1=S)C(=O)O. The standard InChI is InChI=1S/C5H7N5O3S/c1-13-7-3(4(11)12)2-10-5(14)6-8-9-10/h2,7H,1H3,(H,11,12)(H,6,9,14). The van der Waals surface area contributed by atoms with E-state index in [1.165, 1.54) is 7.11 Å². The molecule has 0 aliphatic heterocycles. The molecule has 0 spiro atoms. The van der Waals surface area contributed by atoms with Gasteiger partial charge in [-0.2, -0.15) is 5.21 Å². The van der Waals surface area contributed by atoms with Crippen LogP contribution in [-0.2, 0) is 9.63 Å². The molecule has 0 radical (unpaired) electrons. The van der Waals surface area contributed by atoms with Gasteiger partial charge in [-0.15, -0.1) is 0 Å². The number of hydrogen-bond donors (Lipinski definition) is 3. The zero-order valence-corrected chi connectivity index (χ0v) is 7.91. The number of aromatic nitrogens is 4. The van der Waals surface area contributed by atoms with Gasteiger partial charge >= 0.3 is 5.97 Å². The minimum atomic E-state index is -1.19. The van der Waals surface area contributed by atoms with Gasteiger partial charge < -0.3 is 5.11 Å². The fourth-order valence-corrected chi connectivity index (χ4v) is 0.787. The minimum absolute atomic E-state index is 0.113. The molecule has 0 saturated carbocycles. The molecule has 8 nitrogen and oxygen atoms in total. The summed E-state index contributed by atoms with van der Waals surface area (Å²) in [7, 11) is 1.29. The molecule has 9 heteroatoms.